The number of ether oxygens (including phenoxy) is 1. The molecule has 0 bridgehead atoms. The van der Waals surface area contributed by atoms with Crippen molar-refractivity contribution in [2.75, 3.05) is 19.6 Å². The summed E-state index contributed by atoms with van der Waals surface area (Å²) in [5.41, 5.74) is -0.439. The van der Waals surface area contributed by atoms with Crippen molar-refractivity contribution in [3.63, 3.8) is 0 Å². The van der Waals surface area contributed by atoms with Crippen LogP contribution in [0.1, 0.15) is 66.2 Å². The van der Waals surface area contributed by atoms with Crippen LogP contribution in [0.2, 0.25) is 0 Å². The van der Waals surface area contributed by atoms with Gasteiger partial charge in [-0.15, -0.1) is 0 Å². The summed E-state index contributed by atoms with van der Waals surface area (Å²) in [6.45, 7) is 10.4. The van der Waals surface area contributed by atoms with Gasteiger partial charge in [-0.25, -0.2) is 4.79 Å². The molecule has 140 valence electrons. The monoisotopic (exact) mass is 340 g/mol. The van der Waals surface area contributed by atoms with Gasteiger partial charge in [0, 0.05) is 25.7 Å². The van der Waals surface area contributed by atoms with E-state index in [2.05, 4.69) is 12.2 Å². The molecule has 4 atom stereocenters. The highest BCUT2D eigenvalue weighted by Gasteiger charge is 2.31. The molecule has 2 rings (SSSR count). The van der Waals surface area contributed by atoms with Gasteiger partial charge in [0.25, 0.3) is 0 Å². The van der Waals surface area contributed by atoms with Gasteiger partial charge >= 0.3 is 6.09 Å². The zero-order valence-electron chi connectivity index (χ0n) is 15.9. The van der Waals surface area contributed by atoms with Crippen molar-refractivity contribution in [1.82, 2.24) is 10.2 Å². The molecule has 2 N–H and O–H groups in total. The summed E-state index contributed by atoms with van der Waals surface area (Å²) < 4.78 is 5.51. The number of aliphatic hydroxyl groups is 1. The molecule has 1 saturated heterocycles. The average molecular weight is 341 g/mol. The Kier molecular flexibility index (Phi) is 6.93. The van der Waals surface area contributed by atoms with Gasteiger partial charge in [0.1, 0.15) is 5.60 Å². The number of nitrogens with zero attached hydrogens (tertiary/aromatic N) is 1. The Morgan fingerprint density at radius 3 is 2.62 bits per heavy atom. The maximum absolute atomic E-state index is 12.3. The van der Waals surface area contributed by atoms with E-state index < -0.39 is 5.60 Å². The minimum Gasteiger partial charge on any atom is -0.444 e. The molecule has 1 amide bonds. The van der Waals surface area contributed by atoms with Gasteiger partial charge in [0.2, 0.25) is 0 Å². The molecule has 0 aromatic carbocycles. The van der Waals surface area contributed by atoms with Crippen LogP contribution in [0.25, 0.3) is 0 Å². The van der Waals surface area contributed by atoms with Crippen molar-refractivity contribution in [2.45, 2.75) is 84.0 Å². The van der Waals surface area contributed by atoms with Gasteiger partial charge in [-0.3, -0.25) is 0 Å². The summed E-state index contributed by atoms with van der Waals surface area (Å²) in [4.78, 5) is 14.1. The maximum atomic E-state index is 12.3. The fourth-order valence-corrected chi connectivity index (χ4v) is 3.84. The smallest absolute Gasteiger partial charge is 0.410 e. The predicted molar refractivity (Wildman–Crippen MR) is 96.0 cm³/mol. The molecule has 0 radical (unpaired) electrons. The summed E-state index contributed by atoms with van der Waals surface area (Å²) in [5.74, 6) is 0.832. The molecule has 1 aliphatic heterocycles. The number of likely N-dealkylation sites (tertiary alicyclic amines) is 1. The highest BCUT2D eigenvalue weighted by Crippen LogP contribution is 2.25. The molecular weight excluding hydrogens is 304 g/mol. The van der Waals surface area contributed by atoms with Gasteiger partial charge in [-0.2, -0.15) is 0 Å². The Labute approximate surface area is 147 Å². The zero-order valence-corrected chi connectivity index (χ0v) is 15.9. The summed E-state index contributed by atoms with van der Waals surface area (Å²) in [5, 5.41) is 13.7. The third kappa shape index (κ3) is 5.92. The van der Waals surface area contributed by atoms with Crippen LogP contribution in [-0.4, -0.2) is 53.5 Å². The van der Waals surface area contributed by atoms with E-state index in [1.165, 1.54) is 6.42 Å². The van der Waals surface area contributed by atoms with E-state index in [1.807, 2.05) is 25.7 Å². The fourth-order valence-electron chi connectivity index (χ4n) is 3.84. The lowest BCUT2D eigenvalue weighted by Crippen LogP contribution is -2.49. The number of nitrogens with one attached hydrogen (secondary N) is 1. The molecule has 1 saturated carbocycles. The van der Waals surface area contributed by atoms with Gasteiger partial charge in [0.15, 0.2) is 0 Å². The molecule has 0 spiro atoms. The lowest BCUT2D eigenvalue weighted by molar-refractivity contribution is 0.0143. The van der Waals surface area contributed by atoms with Crippen molar-refractivity contribution >= 4 is 6.09 Å². The van der Waals surface area contributed by atoms with E-state index >= 15 is 0 Å². The molecule has 2 aliphatic rings. The van der Waals surface area contributed by atoms with Crippen molar-refractivity contribution in [1.29, 1.82) is 0 Å². The predicted octanol–water partition coefficient (Wildman–Crippen LogP) is 3.16. The van der Waals surface area contributed by atoms with Crippen molar-refractivity contribution in [3.8, 4) is 0 Å². The largest absolute Gasteiger partial charge is 0.444 e. The van der Waals surface area contributed by atoms with Gasteiger partial charge in [-0.1, -0.05) is 12.8 Å². The second-order valence-corrected chi connectivity index (χ2v) is 8.64. The first-order valence-corrected chi connectivity index (χ1v) is 9.65. The van der Waals surface area contributed by atoms with Crippen molar-refractivity contribution in [2.24, 2.45) is 11.8 Å². The van der Waals surface area contributed by atoms with Gasteiger partial charge in [0.05, 0.1) is 6.10 Å². The summed E-state index contributed by atoms with van der Waals surface area (Å²) >= 11 is 0. The van der Waals surface area contributed by atoms with E-state index in [1.54, 1.807) is 0 Å². The number of hydrogen-bond acceptors (Lipinski definition) is 4. The van der Waals surface area contributed by atoms with E-state index in [-0.39, 0.29) is 12.2 Å². The van der Waals surface area contributed by atoms with Crippen LogP contribution in [0.4, 0.5) is 4.79 Å². The minimum absolute atomic E-state index is 0.150. The minimum atomic E-state index is -0.439. The van der Waals surface area contributed by atoms with E-state index in [9.17, 15) is 9.90 Å². The molecule has 5 nitrogen and oxygen atoms in total. The van der Waals surface area contributed by atoms with Gasteiger partial charge in [-0.05, 0) is 65.2 Å². The van der Waals surface area contributed by atoms with Crippen LogP contribution in [0, 0.1) is 11.8 Å². The van der Waals surface area contributed by atoms with E-state index in [4.69, 9.17) is 4.74 Å². The van der Waals surface area contributed by atoms with Gasteiger partial charge < -0.3 is 20.1 Å². The highest BCUT2D eigenvalue weighted by molar-refractivity contribution is 5.68. The SMILES string of the molecule is CC(NCC1CCCCC1O)C1CCCN(C(=O)OC(C)(C)C)C1. The lowest BCUT2D eigenvalue weighted by Gasteiger charge is -2.37. The van der Waals surface area contributed by atoms with Crippen LogP contribution in [0.5, 0.6) is 0 Å². The number of hydrogen-bond donors (Lipinski definition) is 2. The van der Waals surface area contributed by atoms with Crippen molar-refractivity contribution < 1.29 is 14.6 Å². The van der Waals surface area contributed by atoms with Crippen molar-refractivity contribution in [3.05, 3.63) is 0 Å². The Balaban J connectivity index is 1.79. The number of rotatable bonds is 4. The fraction of sp³-hybridized carbons (Fsp3) is 0.947. The molecule has 5 heteroatoms. The molecule has 24 heavy (non-hydrogen) atoms. The lowest BCUT2D eigenvalue weighted by atomic mass is 9.85. The Bertz CT molecular complexity index is 408. The molecule has 2 fully saturated rings. The molecule has 1 aliphatic carbocycles. The summed E-state index contributed by atoms with van der Waals surface area (Å²) in [6.07, 6.45) is 6.27. The summed E-state index contributed by atoms with van der Waals surface area (Å²) in [6, 6.07) is 0.351. The normalized spacial score (nSPS) is 30.0. The van der Waals surface area contributed by atoms with E-state index in [0.29, 0.717) is 17.9 Å². The van der Waals surface area contributed by atoms with E-state index in [0.717, 1.165) is 51.7 Å². The van der Waals surface area contributed by atoms with Crippen LogP contribution >= 0.6 is 0 Å². The zero-order chi connectivity index (χ0) is 17.7. The Morgan fingerprint density at radius 2 is 1.96 bits per heavy atom. The third-order valence-electron chi connectivity index (χ3n) is 5.39. The first kappa shape index (κ1) is 19.5. The highest BCUT2D eigenvalue weighted by atomic mass is 16.6. The number of aliphatic hydroxyl groups excluding tert-OH is 1. The number of amides is 1. The maximum Gasteiger partial charge on any atom is 0.410 e. The molecule has 4 unspecified atom stereocenters. The second kappa shape index (κ2) is 8.52. The quantitative estimate of drug-likeness (QED) is 0.825. The topological polar surface area (TPSA) is 61.8 Å². The average Bonchev–Trinajstić information content (AvgIpc) is 2.52. The van der Waals surface area contributed by atoms with Crippen LogP contribution in [-0.2, 0) is 4.74 Å². The molecule has 0 aromatic heterocycles. The Hall–Kier alpha value is -0.810. The summed E-state index contributed by atoms with van der Waals surface area (Å²) in [7, 11) is 0. The van der Waals surface area contributed by atoms with Crippen LogP contribution < -0.4 is 5.32 Å². The molecular formula is C19H36N2O3. The number of carbonyl (C=O) groups excluding carboxylic acids is 1. The van der Waals surface area contributed by atoms with Crippen LogP contribution in [0.15, 0.2) is 0 Å². The first-order chi connectivity index (χ1) is 11.3. The standard InChI is InChI=1S/C19H36N2O3/c1-14(20-12-15-8-5-6-10-17(15)22)16-9-7-11-21(13-16)18(23)24-19(2,3)4/h14-17,20,22H,5-13H2,1-4H3. The number of piperidine rings is 1. The molecule has 0 aromatic rings. The second-order valence-electron chi connectivity index (χ2n) is 8.64. The Morgan fingerprint density at radius 1 is 1.25 bits per heavy atom. The number of carbonyl (C=O) groups is 1. The first-order valence-electron chi connectivity index (χ1n) is 9.65. The third-order valence-corrected chi connectivity index (χ3v) is 5.39. The molecule has 1 heterocycles. The van der Waals surface area contributed by atoms with Crippen LogP contribution in [0.3, 0.4) is 0 Å².